The molecular formula is C13H18N4. The first-order valence-corrected chi connectivity index (χ1v) is 5.90. The highest BCUT2D eigenvalue weighted by Crippen LogP contribution is 2.00. The fourth-order valence-corrected chi connectivity index (χ4v) is 1.78. The summed E-state index contributed by atoms with van der Waals surface area (Å²) in [5.74, 6) is 0.584. The van der Waals surface area contributed by atoms with Crippen LogP contribution in [0, 0.1) is 5.92 Å². The van der Waals surface area contributed by atoms with E-state index in [1.807, 2.05) is 31.0 Å². The van der Waals surface area contributed by atoms with Gasteiger partial charge in [-0.25, -0.2) is 4.98 Å². The van der Waals surface area contributed by atoms with E-state index < -0.39 is 0 Å². The van der Waals surface area contributed by atoms with E-state index in [1.54, 1.807) is 6.20 Å². The van der Waals surface area contributed by atoms with Gasteiger partial charge < -0.3 is 9.88 Å². The summed E-state index contributed by atoms with van der Waals surface area (Å²) in [6.45, 7) is 5.10. The van der Waals surface area contributed by atoms with Crippen molar-refractivity contribution < 1.29 is 0 Å². The Hall–Kier alpha value is -1.68. The molecule has 4 nitrogen and oxygen atoms in total. The van der Waals surface area contributed by atoms with Crippen molar-refractivity contribution in [2.24, 2.45) is 5.92 Å². The van der Waals surface area contributed by atoms with Gasteiger partial charge in [0.15, 0.2) is 0 Å². The van der Waals surface area contributed by atoms with Crippen molar-refractivity contribution in [3.63, 3.8) is 0 Å². The molecule has 1 unspecified atom stereocenters. The first-order chi connectivity index (χ1) is 8.34. The predicted octanol–water partition coefficient (Wildman–Crippen LogP) is 1.70. The first-order valence-electron chi connectivity index (χ1n) is 5.90. The van der Waals surface area contributed by atoms with E-state index in [2.05, 4.69) is 32.8 Å². The van der Waals surface area contributed by atoms with Crippen molar-refractivity contribution in [2.75, 3.05) is 6.54 Å². The van der Waals surface area contributed by atoms with Crippen LogP contribution in [0.3, 0.4) is 0 Å². The number of hydrogen-bond acceptors (Lipinski definition) is 3. The van der Waals surface area contributed by atoms with Gasteiger partial charge in [-0.3, -0.25) is 4.98 Å². The third-order valence-corrected chi connectivity index (χ3v) is 2.63. The third kappa shape index (κ3) is 4.00. The Morgan fingerprint density at radius 3 is 3.00 bits per heavy atom. The van der Waals surface area contributed by atoms with Crippen molar-refractivity contribution in [1.82, 2.24) is 19.9 Å². The van der Waals surface area contributed by atoms with E-state index in [0.29, 0.717) is 5.92 Å². The minimum Gasteiger partial charge on any atom is -0.337 e. The highest BCUT2D eigenvalue weighted by Gasteiger charge is 2.02. The van der Waals surface area contributed by atoms with Gasteiger partial charge in [-0.1, -0.05) is 13.0 Å². The zero-order valence-electron chi connectivity index (χ0n) is 10.1. The Labute approximate surface area is 102 Å². The number of pyridine rings is 1. The summed E-state index contributed by atoms with van der Waals surface area (Å²) in [6, 6.07) is 4.05. The number of imidazole rings is 1. The fourth-order valence-electron chi connectivity index (χ4n) is 1.78. The average molecular weight is 230 g/mol. The quantitative estimate of drug-likeness (QED) is 0.821. The van der Waals surface area contributed by atoms with E-state index in [9.17, 15) is 0 Å². The number of nitrogens with one attached hydrogen (secondary N) is 1. The number of nitrogens with zero attached hydrogens (tertiary/aromatic N) is 3. The van der Waals surface area contributed by atoms with Gasteiger partial charge in [-0.15, -0.1) is 0 Å². The highest BCUT2D eigenvalue weighted by molar-refractivity contribution is 5.07. The minimum absolute atomic E-state index is 0.584. The molecule has 0 saturated carbocycles. The molecule has 0 aromatic carbocycles. The number of rotatable bonds is 6. The molecule has 0 aliphatic heterocycles. The maximum Gasteiger partial charge on any atom is 0.0946 e. The molecule has 2 rings (SSSR count). The molecule has 0 saturated heterocycles. The molecule has 4 heteroatoms. The summed E-state index contributed by atoms with van der Waals surface area (Å²) in [4.78, 5) is 8.13. The molecule has 2 heterocycles. The SMILES string of the molecule is CC(CNCc1cccnc1)Cn1ccnc1. The Bertz CT molecular complexity index is 410. The lowest BCUT2D eigenvalue weighted by Crippen LogP contribution is -2.23. The van der Waals surface area contributed by atoms with Gasteiger partial charge in [0.2, 0.25) is 0 Å². The van der Waals surface area contributed by atoms with Crippen molar-refractivity contribution >= 4 is 0 Å². The van der Waals surface area contributed by atoms with Gasteiger partial charge in [0.25, 0.3) is 0 Å². The normalized spacial score (nSPS) is 12.5. The van der Waals surface area contributed by atoms with Gasteiger partial charge >= 0.3 is 0 Å². The van der Waals surface area contributed by atoms with E-state index in [0.717, 1.165) is 19.6 Å². The molecule has 0 aliphatic rings. The highest BCUT2D eigenvalue weighted by atomic mass is 15.0. The Morgan fingerprint density at radius 1 is 1.35 bits per heavy atom. The van der Waals surface area contributed by atoms with Crippen molar-refractivity contribution in [3.8, 4) is 0 Å². The molecule has 0 spiro atoms. The fraction of sp³-hybridized carbons (Fsp3) is 0.385. The van der Waals surface area contributed by atoms with Crippen LogP contribution in [0.5, 0.6) is 0 Å². The average Bonchev–Trinajstić information content (AvgIpc) is 2.83. The molecule has 1 atom stereocenters. The molecule has 0 aliphatic carbocycles. The summed E-state index contributed by atoms with van der Waals surface area (Å²) in [6.07, 6.45) is 9.36. The maximum absolute atomic E-state index is 4.09. The zero-order chi connectivity index (χ0) is 11.9. The van der Waals surface area contributed by atoms with Crippen LogP contribution in [0.15, 0.2) is 43.2 Å². The monoisotopic (exact) mass is 230 g/mol. The standard InChI is InChI=1S/C13H18N4/c1-12(10-17-6-5-15-11-17)7-16-9-13-3-2-4-14-8-13/h2-6,8,11-12,16H,7,9-10H2,1H3. The summed E-state index contributed by atoms with van der Waals surface area (Å²) >= 11 is 0. The smallest absolute Gasteiger partial charge is 0.0946 e. The van der Waals surface area contributed by atoms with E-state index >= 15 is 0 Å². The molecule has 2 aromatic rings. The third-order valence-electron chi connectivity index (χ3n) is 2.63. The summed E-state index contributed by atoms with van der Waals surface area (Å²) in [5, 5.41) is 3.44. The summed E-state index contributed by atoms with van der Waals surface area (Å²) in [7, 11) is 0. The van der Waals surface area contributed by atoms with Crippen LogP contribution in [-0.2, 0) is 13.1 Å². The molecule has 17 heavy (non-hydrogen) atoms. The van der Waals surface area contributed by atoms with Gasteiger partial charge in [-0.05, 0) is 24.1 Å². The Balaban J connectivity index is 1.68. The summed E-state index contributed by atoms with van der Waals surface area (Å²) in [5.41, 5.74) is 1.22. The van der Waals surface area contributed by atoms with E-state index in [1.165, 1.54) is 5.56 Å². The largest absolute Gasteiger partial charge is 0.337 e. The lowest BCUT2D eigenvalue weighted by Gasteiger charge is -2.13. The number of hydrogen-bond donors (Lipinski definition) is 1. The van der Waals surface area contributed by atoms with Crippen LogP contribution >= 0.6 is 0 Å². The van der Waals surface area contributed by atoms with Gasteiger partial charge in [0.1, 0.15) is 0 Å². The molecule has 0 amide bonds. The van der Waals surface area contributed by atoms with Crippen LogP contribution in [0.1, 0.15) is 12.5 Å². The van der Waals surface area contributed by atoms with Crippen molar-refractivity contribution in [2.45, 2.75) is 20.0 Å². The zero-order valence-corrected chi connectivity index (χ0v) is 10.1. The van der Waals surface area contributed by atoms with Gasteiger partial charge in [0, 0.05) is 37.9 Å². The maximum atomic E-state index is 4.09. The van der Waals surface area contributed by atoms with E-state index in [4.69, 9.17) is 0 Å². The van der Waals surface area contributed by atoms with E-state index in [-0.39, 0.29) is 0 Å². The second kappa shape index (κ2) is 6.15. The molecule has 0 bridgehead atoms. The Kier molecular flexibility index (Phi) is 4.27. The van der Waals surface area contributed by atoms with Gasteiger partial charge in [-0.2, -0.15) is 0 Å². The van der Waals surface area contributed by atoms with Crippen LogP contribution in [0.25, 0.3) is 0 Å². The van der Waals surface area contributed by atoms with Crippen LogP contribution < -0.4 is 5.32 Å². The van der Waals surface area contributed by atoms with Crippen LogP contribution in [0.2, 0.25) is 0 Å². The second-order valence-corrected chi connectivity index (χ2v) is 4.36. The lowest BCUT2D eigenvalue weighted by molar-refractivity contribution is 0.445. The molecule has 2 aromatic heterocycles. The predicted molar refractivity (Wildman–Crippen MR) is 67.3 cm³/mol. The first kappa shape index (κ1) is 11.8. The van der Waals surface area contributed by atoms with Crippen LogP contribution in [-0.4, -0.2) is 21.1 Å². The number of aromatic nitrogens is 3. The topological polar surface area (TPSA) is 42.7 Å². The molecule has 1 N–H and O–H groups in total. The lowest BCUT2D eigenvalue weighted by atomic mass is 10.1. The minimum atomic E-state index is 0.584. The molecular weight excluding hydrogens is 212 g/mol. The molecule has 0 radical (unpaired) electrons. The molecule has 90 valence electrons. The summed E-state index contributed by atoms with van der Waals surface area (Å²) < 4.78 is 2.11. The van der Waals surface area contributed by atoms with Crippen LogP contribution in [0.4, 0.5) is 0 Å². The van der Waals surface area contributed by atoms with Gasteiger partial charge in [0.05, 0.1) is 6.33 Å². The Morgan fingerprint density at radius 2 is 2.29 bits per heavy atom. The van der Waals surface area contributed by atoms with Crippen molar-refractivity contribution in [1.29, 1.82) is 0 Å². The van der Waals surface area contributed by atoms with Crippen molar-refractivity contribution in [3.05, 3.63) is 48.8 Å². The second-order valence-electron chi connectivity index (χ2n) is 4.36. The molecule has 0 fully saturated rings.